The quantitative estimate of drug-likeness (QED) is 0.453. The van der Waals surface area contributed by atoms with Crippen LogP contribution in [0.3, 0.4) is 0 Å². The highest BCUT2D eigenvalue weighted by molar-refractivity contribution is 7.98. The lowest BCUT2D eigenvalue weighted by Gasteiger charge is -1.93. The Morgan fingerprint density at radius 1 is 1.53 bits per heavy atom. The maximum Gasteiger partial charge on any atom is 0.217 e. The van der Waals surface area contributed by atoms with Crippen LogP contribution in [-0.2, 0) is 4.79 Å². The highest BCUT2D eigenvalue weighted by atomic mass is 32.2. The third kappa shape index (κ3) is 4.47. The second kappa shape index (κ2) is 6.04. The summed E-state index contributed by atoms with van der Waals surface area (Å²) in [4.78, 5) is 18.7. The normalized spacial score (nSPS) is 8.93. The maximum absolute atomic E-state index is 10.5. The average Bonchev–Trinajstić information content (AvgIpc) is 2.25. The van der Waals surface area contributed by atoms with E-state index in [0.29, 0.717) is 6.54 Å². The molecule has 0 aliphatic carbocycles. The van der Waals surface area contributed by atoms with Gasteiger partial charge in [-0.2, -0.15) is 0 Å². The van der Waals surface area contributed by atoms with Gasteiger partial charge in [-0.1, -0.05) is 23.6 Å². The van der Waals surface area contributed by atoms with Crippen molar-refractivity contribution in [3.05, 3.63) is 18.0 Å². The van der Waals surface area contributed by atoms with Crippen molar-refractivity contribution in [2.24, 2.45) is 0 Å². The molecule has 78 valence electrons. The van der Waals surface area contributed by atoms with E-state index in [-0.39, 0.29) is 5.91 Å². The van der Waals surface area contributed by atoms with Crippen LogP contribution in [0.2, 0.25) is 0 Å². The van der Waals surface area contributed by atoms with Crippen molar-refractivity contribution >= 4 is 17.7 Å². The summed E-state index contributed by atoms with van der Waals surface area (Å²) in [6.07, 6.45) is 5.25. The Labute approximate surface area is 92.9 Å². The van der Waals surface area contributed by atoms with Gasteiger partial charge in [0.15, 0.2) is 5.16 Å². The molecule has 1 aromatic heterocycles. The second-order valence-electron chi connectivity index (χ2n) is 2.67. The minimum absolute atomic E-state index is 0.0849. The number of hydrogen-bond acceptors (Lipinski definition) is 4. The summed E-state index contributed by atoms with van der Waals surface area (Å²) in [7, 11) is 0. The first-order chi connectivity index (χ1) is 7.22. The maximum atomic E-state index is 10.5. The molecule has 0 saturated heterocycles. The lowest BCUT2D eigenvalue weighted by atomic mass is 10.3. The largest absolute Gasteiger partial charge is 0.345 e. The molecule has 1 N–H and O–H groups in total. The minimum atomic E-state index is -0.0849. The third-order valence-corrected chi connectivity index (χ3v) is 2.05. The van der Waals surface area contributed by atoms with Gasteiger partial charge in [0.1, 0.15) is 0 Å². The van der Waals surface area contributed by atoms with Crippen molar-refractivity contribution in [2.45, 2.75) is 12.1 Å². The smallest absolute Gasteiger partial charge is 0.217 e. The average molecular weight is 221 g/mol. The van der Waals surface area contributed by atoms with Gasteiger partial charge in [0.05, 0.1) is 12.1 Å². The van der Waals surface area contributed by atoms with Crippen molar-refractivity contribution in [3.63, 3.8) is 0 Å². The molecule has 0 fully saturated rings. The highest BCUT2D eigenvalue weighted by Gasteiger charge is 1.92. The standard InChI is InChI=1S/C10H11N3OS/c1-8(14)11-5-3-4-9-6-12-10(15-2)13-7-9/h6-7H,5H2,1-2H3,(H,11,14). The van der Waals surface area contributed by atoms with Crippen molar-refractivity contribution in [1.82, 2.24) is 15.3 Å². The molecule has 1 rings (SSSR count). The number of carbonyl (C=O) groups excluding carboxylic acids is 1. The van der Waals surface area contributed by atoms with Gasteiger partial charge in [0.2, 0.25) is 5.91 Å². The van der Waals surface area contributed by atoms with E-state index in [0.717, 1.165) is 10.7 Å². The van der Waals surface area contributed by atoms with Crippen LogP contribution < -0.4 is 5.32 Å². The SMILES string of the molecule is CSc1ncc(C#CCNC(C)=O)cn1. The molecule has 5 heteroatoms. The van der Waals surface area contributed by atoms with E-state index in [1.807, 2.05) is 6.26 Å². The molecule has 0 unspecified atom stereocenters. The van der Waals surface area contributed by atoms with Crippen LogP contribution in [0.5, 0.6) is 0 Å². The Morgan fingerprint density at radius 3 is 2.73 bits per heavy atom. The predicted octanol–water partition coefficient (Wildman–Crippen LogP) is 0.686. The lowest BCUT2D eigenvalue weighted by Crippen LogP contribution is -2.19. The molecule has 0 aliphatic rings. The van der Waals surface area contributed by atoms with E-state index < -0.39 is 0 Å². The molecule has 0 aromatic carbocycles. The number of aromatic nitrogens is 2. The molecule has 0 saturated carbocycles. The van der Waals surface area contributed by atoms with E-state index in [4.69, 9.17) is 0 Å². The molecule has 4 nitrogen and oxygen atoms in total. The summed E-state index contributed by atoms with van der Waals surface area (Å²) in [6.45, 7) is 1.80. The number of rotatable bonds is 2. The van der Waals surface area contributed by atoms with Crippen LogP contribution in [-0.4, -0.2) is 28.7 Å². The van der Waals surface area contributed by atoms with Crippen LogP contribution in [0.15, 0.2) is 17.6 Å². The molecule has 1 heterocycles. The zero-order valence-corrected chi connectivity index (χ0v) is 9.39. The van der Waals surface area contributed by atoms with Gasteiger partial charge in [-0.05, 0) is 6.26 Å². The fourth-order valence-electron chi connectivity index (χ4n) is 0.801. The molecule has 1 amide bonds. The summed E-state index contributed by atoms with van der Waals surface area (Å²) < 4.78 is 0. The van der Waals surface area contributed by atoms with Crippen molar-refractivity contribution in [2.75, 3.05) is 12.8 Å². The Hall–Kier alpha value is -1.54. The lowest BCUT2D eigenvalue weighted by molar-refractivity contribution is -0.118. The minimum Gasteiger partial charge on any atom is -0.345 e. The molecule has 0 aliphatic heterocycles. The summed E-state index contributed by atoms with van der Waals surface area (Å²) >= 11 is 1.48. The van der Waals surface area contributed by atoms with Crippen LogP contribution in [0.4, 0.5) is 0 Å². The fourth-order valence-corrected chi connectivity index (χ4v) is 1.12. The number of thioether (sulfide) groups is 1. The molecular weight excluding hydrogens is 210 g/mol. The van der Waals surface area contributed by atoms with Gasteiger partial charge < -0.3 is 5.32 Å². The summed E-state index contributed by atoms with van der Waals surface area (Å²) in [6, 6.07) is 0. The molecule has 0 spiro atoms. The molecule has 0 atom stereocenters. The number of nitrogens with one attached hydrogen (secondary N) is 1. The fraction of sp³-hybridized carbons (Fsp3) is 0.300. The third-order valence-electron chi connectivity index (χ3n) is 1.47. The second-order valence-corrected chi connectivity index (χ2v) is 3.44. The zero-order valence-electron chi connectivity index (χ0n) is 8.57. The van der Waals surface area contributed by atoms with Crippen LogP contribution in [0.25, 0.3) is 0 Å². The van der Waals surface area contributed by atoms with Crippen LogP contribution >= 0.6 is 11.8 Å². The van der Waals surface area contributed by atoms with E-state index in [1.54, 1.807) is 12.4 Å². The van der Waals surface area contributed by atoms with Gasteiger partial charge in [0, 0.05) is 19.3 Å². The van der Waals surface area contributed by atoms with Crippen molar-refractivity contribution in [3.8, 4) is 11.8 Å². The molecular formula is C10H11N3OS. The highest BCUT2D eigenvalue weighted by Crippen LogP contribution is 2.05. The van der Waals surface area contributed by atoms with Crippen molar-refractivity contribution < 1.29 is 4.79 Å². The Balaban J connectivity index is 2.52. The monoisotopic (exact) mass is 221 g/mol. The molecule has 0 bridgehead atoms. The first-order valence-electron chi connectivity index (χ1n) is 4.31. The predicted molar refractivity (Wildman–Crippen MR) is 59.4 cm³/mol. The van der Waals surface area contributed by atoms with Crippen molar-refractivity contribution in [1.29, 1.82) is 0 Å². The van der Waals surface area contributed by atoms with Gasteiger partial charge in [-0.15, -0.1) is 0 Å². The van der Waals surface area contributed by atoms with E-state index >= 15 is 0 Å². The first-order valence-corrected chi connectivity index (χ1v) is 5.54. The molecule has 1 aromatic rings. The van der Waals surface area contributed by atoms with E-state index in [2.05, 4.69) is 27.1 Å². The van der Waals surface area contributed by atoms with Gasteiger partial charge >= 0.3 is 0 Å². The summed E-state index contributed by atoms with van der Waals surface area (Å²) in [5.74, 6) is 5.57. The Kier molecular flexibility index (Phi) is 4.64. The van der Waals surface area contributed by atoms with E-state index in [1.165, 1.54) is 18.7 Å². The number of hydrogen-bond donors (Lipinski definition) is 1. The molecule has 15 heavy (non-hydrogen) atoms. The summed E-state index contributed by atoms with van der Waals surface area (Å²) in [5.41, 5.74) is 0.748. The van der Waals surface area contributed by atoms with Crippen LogP contribution in [0.1, 0.15) is 12.5 Å². The first kappa shape index (κ1) is 11.5. The molecule has 0 radical (unpaired) electrons. The van der Waals surface area contributed by atoms with Gasteiger partial charge in [0.25, 0.3) is 0 Å². The zero-order chi connectivity index (χ0) is 11.1. The van der Waals surface area contributed by atoms with E-state index in [9.17, 15) is 4.79 Å². The van der Waals surface area contributed by atoms with Gasteiger partial charge in [-0.25, -0.2) is 9.97 Å². The van der Waals surface area contributed by atoms with Crippen LogP contribution in [0, 0.1) is 11.8 Å². The Bertz CT molecular complexity index is 391. The number of nitrogens with zero attached hydrogens (tertiary/aromatic N) is 2. The topological polar surface area (TPSA) is 54.9 Å². The number of carbonyl (C=O) groups is 1. The van der Waals surface area contributed by atoms with Gasteiger partial charge in [-0.3, -0.25) is 4.79 Å². The number of amides is 1. The summed E-state index contributed by atoms with van der Waals surface area (Å²) in [5, 5.41) is 3.31. The Morgan fingerprint density at radius 2 is 2.20 bits per heavy atom.